The molecule has 1 saturated heterocycles. The number of aromatic nitrogens is 2. The second kappa shape index (κ2) is 13.9. The van der Waals surface area contributed by atoms with E-state index in [4.69, 9.17) is 37.8 Å². The van der Waals surface area contributed by atoms with Crippen molar-refractivity contribution in [3.8, 4) is 0 Å². The zero-order valence-electron chi connectivity index (χ0n) is 21.3. The number of aliphatic hydroxyl groups is 1. The lowest BCUT2D eigenvalue weighted by Gasteiger charge is -2.36. The summed E-state index contributed by atoms with van der Waals surface area (Å²) in [5, 5.41) is 21.5. The van der Waals surface area contributed by atoms with Gasteiger partial charge in [-0.1, -0.05) is 71.7 Å². The summed E-state index contributed by atoms with van der Waals surface area (Å²) in [6, 6.07) is 15.3. The summed E-state index contributed by atoms with van der Waals surface area (Å²) < 4.78 is 14.4. The molecule has 2 aromatic carbocycles. The first-order valence-electron chi connectivity index (χ1n) is 12.8. The van der Waals surface area contributed by atoms with Gasteiger partial charge in [0.2, 0.25) is 5.91 Å². The van der Waals surface area contributed by atoms with Gasteiger partial charge >= 0.3 is 5.97 Å². The van der Waals surface area contributed by atoms with Gasteiger partial charge in [0.1, 0.15) is 5.15 Å². The molecule has 9 nitrogen and oxygen atoms in total. The van der Waals surface area contributed by atoms with Crippen LogP contribution >= 0.6 is 23.2 Å². The lowest BCUT2D eigenvalue weighted by Crippen LogP contribution is -2.32. The first kappa shape index (κ1) is 29.0. The van der Waals surface area contributed by atoms with Gasteiger partial charge in [0.15, 0.2) is 11.4 Å². The van der Waals surface area contributed by atoms with Crippen molar-refractivity contribution in [3.05, 3.63) is 87.4 Å². The van der Waals surface area contributed by atoms with E-state index in [1.54, 1.807) is 10.9 Å². The number of nitrogens with one attached hydrogen (secondary N) is 1. The molecule has 1 fully saturated rings. The zero-order chi connectivity index (χ0) is 27.8. The number of rotatable bonds is 12. The molecule has 208 valence electrons. The van der Waals surface area contributed by atoms with Crippen LogP contribution in [0.1, 0.15) is 66.8 Å². The molecule has 1 aliphatic rings. The summed E-state index contributed by atoms with van der Waals surface area (Å²) in [5.74, 6) is -0.965. The van der Waals surface area contributed by atoms with Gasteiger partial charge in [-0.15, -0.1) is 0 Å². The fourth-order valence-corrected chi connectivity index (χ4v) is 4.68. The number of hydrogen-bond acceptors (Lipinski definition) is 6. The summed E-state index contributed by atoms with van der Waals surface area (Å²) in [6.45, 7) is 0.782. The van der Waals surface area contributed by atoms with Crippen LogP contribution in [-0.4, -0.2) is 37.7 Å². The highest BCUT2D eigenvalue weighted by Crippen LogP contribution is 2.39. The number of ether oxygens (including phenoxy) is 2. The van der Waals surface area contributed by atoms with Crippen LogP contribution in [0.3, 0.4) is 0 Å². The highest BCUT2D eigenvalue weighted by atomic mass is 35.5. The van der Waals surface area contributed by atoms with E-state index in [2.05, 4.69) is 10.3 Å². The monoisotopic (exact) mass is 575 g/mol. The summed E-state index contributed by atoms with van der Waals surface area (Å²) in [6.07, 6.45) is 2.41. The van der Waals surface area contributed by atoms with Crippen molar-refractivity contribution >= 4 is 35.1 Å². The molecule has 0 unspecified atom stereocenters. The Morgan fingerprint density at radius 2 is 1.64 bits per heavy atom. The third-order valence-corrected chi connectivity index (χ3v) is 7.30. The maximum absolute atomic E-state index is 12.1. The Morgan fingerprint density at radius 3 is 2.28 bits per heavy atom. The molecule has 1 amide bonds. The highest BCUT2D eigenvalue weighted by Gasteiger charge is 2.32. The van der Waals surface area contributed by atoms with Gasteiger partial charge in [0.25, 0.3) is 0 Å². The number of benzene rings is 2. The number of halogens is 2. The van der Waals surface area contributed by atoms with Crippen LogP contribution in [0, 0.1) is 0 Å². The van der Waals surface area contributed by atoms with Crippen molar-refractivity contribution in [3.63, 3.8) is 0 Å². The smallest absolute Gasteiger partial charge is 0.303 e. The van der Waals surface area contributed by atoms with Gasteiger partial charge in [-0.25, -0.2) is 4.98 Å². The molecule has 0 saturated carbocycles. The van der Waals surface area contributed by atoms with E-state index >= 15 is 0 Å². The lowest BCUT2D eigenvalue weighted by molar-refractivity contribution is -0.252. The second-order valence-corrected chi connectivity index (χ2v) is 10.2. The normalized spacial score (nSPS) is 19.1. The summed E-state index contributed by atoms with van der Waals surface area (Å²) >= 11 is 12.3. The molecule has 11 heteroatoms. The predicted octanol–water partition coefficient (Wildman–Crippen LogP) is 5.19. The van der Waals surface area contributed by atoms with Crippen molar-refractivity contribution in [2.45, 2.75) is 70.3 Å². The van der Waals surface area contributed by atoms with Crippen LogP contribution in [0.5, 0.6) is 0 Å². The van der Waals surface area contributed by atoms with Gasteiger partial charge in [0, 0.05) is 31.4 Å². The average Bonchev–Trinajstić information content (AvgIpc) is 3.26. The Labute approximate surface area is 236 Å². The van der Waals surface area contributed by atoms with Crippen LogP contribution < -0.4 is 5.32 Å². The number of amides is 1. The first-order valence-corrected chi connectivity index (χ1v) is 13.5. The molecule has 3 atom stereocenters. The third-order valence-electron chi connectivity index (χ3n) is 6.53. The molecule has 0 bridgehead atoms. The van der Waals surface area contributed by atoms with Crippen molar-refractivity contribution in [2.24, 2.45) is 0 Å². The third kappa shape index (κ3) is 8.27. The Hall–Kier alpha value is -2.95. The quantitative estimate of drug-likeness (QED) is 0.254. The number of hydrogen-bond donors (Lipinski definition) is 3. The van der Waals surface area contributed by atoms with Crippen molar-refractivity contribution in [2.75, 3.05) is 0 Å². The van der Waals surface area contributed by atoms with Crippen molar-refractivity contribution in [1.82, 2.24) is 14.9 Å². The van der Waals surface area contributed by atoms with Gasteiger partial charge in [-0.2, -0.15) is 0 Å². The van der Waals surface area contributed by atoms with Crippen molar-refractivity contribution < 1.29 is 29.3 Å². The molecule has 0 aliphatic carbocycles. The van der Waals surface area contributed by atoms with Crippen LogP contribution in [0.25, 0.3) is 0 Å². The summed E-state index contributed by atoms with van der Waals surface area (Å²) in [7, 11) is 0. The van der Waals surface area contributed by atoms with Crippen molar-refractivity contribution in [1.29, 1.82) is 0 Å². The van der Waals surface area contributed by atoms with Crippen LogP contribution in [0.2, 0.25) is 10.3 Å². The minimum Gasteiger partial charge on any atom is -0.481 e. The maximum Gasteiger partial charge on any atom is 0.303 e. The molecule has 3 aromatic rings. The Kier molecular flexibility index (Phi) is 10.4. The molecule has 4 rings (SSSR count). The Balaban J connectivity index is 1.41. The molecule has 2 heterocycles. The number of carboxylic acids is 1. The molecule has 1 aromatic heterocycles. The minimum absolute atomic E-state index is 0.0302. The van der Waals surface area contributed by atoms with E-state index in [1.807, 2.05) is 48.5 Å². The number of carbonyl (C=O) groups excluding carboxylic acids is 1. The molecule has 0 radical (unpaired) electrons. The number of carboxylic acid groups (broad SMARTS) is 1. The number of aliphatic hydroxyl groups excluding tert-OH is 1. The minimum atomic E-state index is -0.853. The molecular formula is C28H31Cl2N3O6. The highest BCUT2D eigenvalue weighted by molar-refractivity contribution is 6.40. The molecule has 3 N–H and O–H groups in total. The van der Waals surface area contributed by atoms with Gasteiger partial charge in [-0.3, -0.25) is 9.59 Å². The zero-order valence-corrected chi connectivity index (χ0v) is 22.8. The number of unbranched alkanes of at least 4 members (excludes halogenated alkanes) is 1. The van der Waals surface area contributed by atoms with Crippen LogP contribution in [-0.2, 0) is 38.8 Å². The number of nitrogens with zero attached hydrogens (tertiary/aromatic N) is 2. The number of imidazole rings is 1. The second-order valence-electron chi connectivity index (χ2n) is 9.45. The largest absolute Gasteiger partial charge is 0.481 e. The number of aliphatic carboxylic acids is 1. The van der Waals surface area contributed by atoms with Gasteiger partial charge in [0.05, 0.1) is 31.7 Å². The fraction of sp³-hybridized carbons (Fsp3) is 0.393. The van der Waals surface area contributed by atoms with Gasteiger partial charge < -0.3 is 29.6 Å². The van der Waals surface area contributed by atoms with E-state index < -0.39 is 12.3 Å². The maximum atomic E-state index is 12.1. The SMILES string of the molecule is O=C(O)CCCCC(=O)NCc1ccc([C@H]2O[C@@H](Cn3cnc(Cl)c3Cl)C[C@@H](c3ccc(CO)cc3)O2)cc1. The Morgan fingerprint density at radius 1 is 0.974 bits per heavy atom. The topological polar surface area (TPSA) is 123 Å². The summed E-state index contributed by atoms with van der Waals surface area (Å²) in [4.78, 5) is 26.7. The van der Waals surface area contributed by atoms with E-state index in [0.717, 1.165) is 22.3 Å². The van der Waals surface area contributed by atoms with Crippen LogP contribution in [0.15, 0.2) is 54.9 Å². The first-order chi connectivity index (χ1) is 18.8. The van der Waals surface area contributed by atoms with E-state index in [-0.39, 0.29) is 36.3 Å². The van der Waals surface area contributed by atoms with E-state index in [0.29, 0.717) is 43.9 Å². The number of carbonyl (C=O) groups is 2. The summed E-state index contributed by atoms with van der Waals surface area (Å²) in [5.41, 5.74) is 3.54. The standard InChI is InChI=1S/C28H31Cl2N3O6/c29-26-27(30)33(17-32-26)15-22-13-23(20-9-7-19(16-34)8-10-20)39-28(38-22)21-11-5-18(6-12-21)14-31-24(35)3-1-2-4-25(36)37/h5-12,17,22-23,28,34H,1-4,13-16H2,(H,31,35)(H,36,37)/t22-,23+,28+/m1/s1. The Bertz CT molecular complexity index is 1250. The molecular weight excluding hydrogens is 545 g/mol. The van der Waals surface area contributed by atoms with Crippen LogP contribution in [0.4, 0.5) is 0 Å². The predicted molar refractivity (Wildman–Crippen MR) is 145 cm³/mol. The molecule has 39 heavy (non-hydrogen) atoms. The van der Waals surface area contributed by atoms with E-state index in [1.165, 1.54) is 0 Å². The fourth-order valence-electron chi connectivity index (χ4n) is 4.37. The van der Waals surface area contributed by atoms with Gasteiger partial charge in [-0.05, 0) is 29.5 Å². The average molecular weight is 576 g/mol. The lowest BCUT2D eigenvalue weighted by atomic mass is 10.00. The molecule has 0 spiro atoms. The molecule has 1 aliphatic heterocycles. The van der Waals surface area contributed by atoms with E-state index in [9.17, 15) is 14.7 Å².